The van der Waals surface area contributed by atoms with E-state index >= 15 is 0 Å². The quantitative estimate of drug-likeness (QED) is 0.675. The molecule has 1 saturated heterocycles. The third kappa shape index (κ3) is 3.20. The fraction of sp³-hybridized carbons (Fsp3) is 0.833. The summed E-state index contributed by atoms with van der Waals surface area (Å²) in [6.45, 7) is 3.87. The first kappa shape index (κ1) is 14.9. The highest BCUT2D eigenvalue weighted by Gasteiger charge is 2.38. The van der Waals surface area contributed by atoms with Gasteiger partial charge < -0.3 is 20.5 Å². The van der Waals surface area contributed by atoms with Crippen LogP contribution in [0.3, 0.4) is 0 Å². The number of carbonyl (C=O) groups is 2. The van der Waals surface area contributed by atoms with Crippen LogP contribution in [-0.4, -0.2) is 43.3 Å². The Bertz CT molecular complexity index is 321. The van der Waals surface area contributed by atoms with Gasteiger partial charge in [0, 0.05) is 6.54 Å². The van der Waals surface area contributed by atoms with Gasteiger partial charge in [-0.3, -0.25) is 4.79 Å². The first-order valence-corrected chi connectivity index (χ1v) is 6.22. The molecule has 1 aliphatic rings. The molecule has 1 heterocycles. The lowest BCUT2D eigenvalue weighted by atomic mass is 9.98. The minimum Gasteiger partial charge on any atom is -0.467 e. The second-order valence-corrected chi connectivity index (χ2v) is 4.73. The van der Waals surface area contributed by atoms with E-state index in [2.05, 4.69) is 5.32 Å². The first-order chi connectivity index (χ1) is 8.46. The molecule has 0 aromatic carbocycles. The SMILES string of the molecule is CCC(C)(NC(=O)[C@@H]1CC[C@H](CN)O1)C(=O)OC. The summed E-state index contributed by atoms with van der Waals surface area (Å²) in [5.41, 5.74) is 4.48. The van der Waals surface area contributed by atoms with E-state index in [0.29, 0.717) is 19.4 Å². The first-order valence-electron chi connectivity index (χ1n) is 6.22. The number of nitrogens with one attached hydrogen (secondary N) is 1. The average molecular weight is 258 g/mol. The van der Waals surface area contributed by atoms with Gasteiger partial charge in [-0.1, -0.05) is 6.92 Å². The van der Waals surface area contributed by atoms with Crippen LogP contribution in [0.2, 0.25) is 0 Å². The van der Waals surface area contributed by atoms with E-state index in [1.165, 1.54) is 7.11 Å². The van der Waals surface area contributed by atoms with Crippen LogP contribution in [-0.2, 0) is 19.1 Å². The van der Waals surface area contributed by atoms with E-state index in [1.807, 2.05) is 6.92 Å². The van der Waals surface area contributed by atoms with Gasteiger partial charge in [0.25, 0.3) is 0 Å². The van der Waals surface area contributed by atoms with Gasteiger partial charge in [-0.15, -0.1) is 0 Å². The van der Waals surface area contributed by atoms with Crippen molar-refractivity contribution in [3.05, 3.63) is 0 Å². The molecule has 1 aliphatic heterocycles. The number of carbonyl (C=O) groups excluding carboxylic acids is 2. The summed E-state index contributed by atoms with van der Waals surface area (Å²) < 4.78 is 10.2. The fourth-order valence-corrected chi connectivity index (χ4v) is 1.93. The van der Waals surface area contributed by atoms with Crippen molar-refractivity contribution >= 4 is 11.9 Å². The third-order valence-corrected chi connectivity index (χ3v) is 3.40. The molecule has 1 amide bonds. The Morgan fingerprint density at radius 2 is 2.17 bits per heavy atom. The Morgan fingerprint density at radius 1 is 1.50 bits per heavy atom. The second kappa shape index (κ2) is 6.15. The van der Waals surface area contributed by atoms with E-state index in [1.54, 1.807) is 6.92 Å². The van der Waals surface area contributed by atoms with Crippen LogP contribution >= 0.6 is 0 Å². The van der Waals surface area contributed by atoms with Crippen LogP contribution in [0.1, 0.15) is 33.1 Å². The second-order valence-electron chi connectivity index (χ2n) is 4.73. The number of hydrogen-bond donors (Lipinski definition) is 2. The Kier molecular flexibility index (Phi) is 5.10. The molecule has 104 valence electrons. The minimum atomic E-state index is -1.00. The summed E-state index contributed by atoms with van der Waals surface area (Å²) in [5, 5.41) is 2.70. The molecule has 0 bridgehead atoms. The zero-order valence-corrected chi connectivity index (χ0v) is 11.2. The van der Waals surface area contributed by atoms with Crippen LogP contribution in [0.25, 0.3) is 0 Å². The highest BCUT2D eigenvalue weighted by molar-refractivity contribution is 5.89. The number of hydrogen-bond acceptors (Lipinski definition) is 5. The van der Waals surface area contributed by atoms with Crippen LogP contribution in [0.4, 0.5) is 0 Å². The number of rotatable bonds is 5. The number of methoxy groups -OCH3 is 1. The van der Waals surface area contributed by atoms with Crippen molar-refractivity contribution in [2.24, 2.45) is 5.73 Å². The van der Waals surface area contributed by atoms with E-state index in [9.17, 15) is 9.59 Å². The maximum absolute atomic E-state index is 12.0. The van der Waals surface area contributed by atoms with Gasteiger partial charge in [0.15, 0.2) is 0 Å². The van der Waals surface area contributed by atoms with Crippen LogP contribution in [0.5, 0.6) is 0 Å². The Balaban J connectivity index is 2.60. The number of amides is 1. The molecule has 1 unspecified atom stereocenters. The van der Waals surface area contributed by atoms with Crippen molar-refractivity contribution in [2.45, 2.75) is 50.9 Å². The van der Waals surface area contributed by atoms with Gasteiger partial charge in [0.2, 0.25) is 5.91 Å². The van der Waals surface area contributed by atoms with Gasteiger partial charge in [0.1, 0.15) is 11.6 Å². The van der Waals surface area contributed by atoms with E-state index in [4.69, 9.17) is 15.2 Å². The lowest BCUT2D eigenvalue weighted by Crippen LogP contribution is -2.55. The van der Waals surface area contributed by atoms with Crippen molar-refractivity contribution in [3.63, 3.8) is 0 Å². The molecular weight excluding hydrogens is 236 g/mol. The molecule has 0 radical (unpaired) electrons. The lowest BCUT2D eigenvalue weighted by molar-refractivity contribution is -0.152. The Labute approximate surface area is 107 Å². The monoisotopic (exact) mass is 258 g/mol. The molecule has 0 spiro atoms. The fourth-order valence-electron chi connectivity index (χ4n) is 1.93. The smallest absolute Gasteiger partial charge is 0.331 e. The molecule has 0 aromatic heterocycles. The molecular formula is C12H22N2O4. The van der Waals surface area contributed by atoms with Gasteiger partial charge in [-0.2, -0.15) is 0 Å². The zero-order valence-electron chi connectivity index (χ0n) is 11.2. The molecule has 18 heavy (non-hydrogen) atoms. The maximum Gasteiger partial charge on any atom is 0.331 e. The van der Waals surface area contributed by atoms with Gasteiger partial charge >= 0.3 is 5.97 Å². The standard InChI is InChI=1S/C12H22N2O4/c1-4-12(2,11(16)17-3)14-10(15)9-6-5-8(7-13)18-9/h8-9H,4-7,13H2,1-3H3,(H,14,15)/t8-,9+,12?/m1/s1. The van der Waals surface area contributed by atoms with Crippen LogP contribution in [0.15, 0.2) is 0 Å². The molecule has 0 aliphatic carbocycles. The van der Waals surface area contributed by atoms with Crippen molar-refractivity contribution < 1.29 is 19.1 Å². The molecule has 3 atom stereocenters. The zero-order chi connectivity index (χ0) is 13.8. The summed E-state index contributed by atoms with van der Waals surface area (Å²) in [6, 6.07) is 0. The van der Waals surface area contributed by atoms with Crippen molar-refractivity contribution in [3.8, 4) is 0 Å². The number of nitrogens with two attached hydrogens (primary N) is 1. The molecule has 1 fully saturated rings. The van der Waals surface area contributed by atoms with E-state index in [-0.39, 0.29) is 12.0 Å². The van der Waals surface area contributed by atoms with Crippen molar-refractivity contribution in [1.29, 1.82) is 0 Å². The molecule has 3 N–H and O–H groups in total. The molecule has 0 aromatic rings. The average Bonchev–Trinajstić information content (AvgIpc) is 2.86. The van der Waals surface area contributed by atoms with Gasteiger partial charge in [-0.25, -0.2) is 4.79 Å². The summed E-state index contributed by atoms with van der Waals surface area (Å²) in [6.07, 6.45) is 1.28. The topological polar surface area (TPSA) is 90.7 Å². The predicted octanol–water partition coefficient (Wildman–Crippen LogP) is -0.0494. The van der Waals surface area contributed by atoms with Crippen LogP contribution in [0, 0.1) is 0 Å². The Morgan fingerprint density at radius 3 is 2.61 bits per heavy atom. The van der Waals surface area contributed by atoms with Gasteiger partial charge in [-0.05, 0) is 26.2 Å². The highest BCUT2D eigenvalue weighted by atomic mass is 16.5. The van der Waals surface area contributed by atoms with Crippen molar-refractivity contribution in [2.75, 3.05) is 13.7 Å². The summed E-state index contributed by atoms with van der Waals surface area (Å²) in [5.74, 6) is -0.729. The molecule has 1 rings (SSSR count). The normalized spacial score (nSPS) is 26.4. The molecule has 6 heteroatoms. The number of ether oxygens (including phenoxy) is 2. The summed E-state index contributed by atoms with van der Waals surface area (Å²) >= 11 is 0. The van der Waals surface area contributed by atoms with Crippen LogP contribution < -0.4 is 11.1 Å². The molecule has 0 saturated carbocycles. The third-order valence-electron chi connectivity index (χ3n) is 3.40. The largest absolute Gasteiger partial charge is 0.467 e. The van der Waals surface area contributed by atoms with Crippen molar-refractivity contribution in [1.82, 2.24) is 5.32 Å². The predicted molar refractivity (Wildman–Crippen MR) is 65.8 cm³/mol. The van der Waals surface area contributed by atoms with E-state index in [0.717, 1.165) is 6.42 Å². The Hall–Kier alpha value is -1.14. The minimum absolute atomic E-state index is 0.0632. The number of esters is 1. The summed E-state index contributed by atoms with van der Waals surface area (Å²) in [4.78, 5) is 23.7. The lowest BCUT2D eigenvalue weighted by Gasteiger charge is -2.27. The van der Waals surface area contributed by atoms with E-state index < -0.39 is 17.6 Å². The maximum atomic E-state index is 12.0. The van der Waals surface area contributed by atoms with Gasteiger partial charge in [0.05, 0.1) is 13.2 Å². The summed E-state index contributed by atoms with van der Waals surface area (Å²) in [7, 11) is 1.30. The molecule has 6 nitrogen and oxygen atoms in total. The highest BCUT2D eigenvalue weighted by Crippen LogP contribution is 2.20.